The molecule has 0 atom stereocenters. The fraction of sp³-hybridized carbons (Fsp3) is 0. The van der Waals surface area contributed by atoms with E-state index < -0.39 is 4.92 Å². The van der Waals surface area contributed by atoms with Gasteiger partial charge in [0.15, 0.2) is 0 Å². The molecule has 2 aromatic carbocycles. The molecule has 114 valence electrons. The van der Waals surface area contributed by atoms with Gasteiger partial charge in [0.25, 0.3) is 5.69 Å². The van der Waals surface area contributed by atoms with Crippen LogP contribution in [0.3, 0.4) is 0 Å². The summed E-state index contributed by atoms with van der Waals surface area (Å²) in [5.74, 6) is 0.395. The number of para-hydroxylation sites is 1. The highest BCUT2D eigenvalue weighted by Gasteiger charge is 2.09. The third-order valence-electron chi connectivity index (χ3n) is 3.30. The van der Waals surface area contributed by atoms with Crippen LogP contribution in [0.2, 0.25) is 0 Å². The molecule has 23 heavy (non-hydrogen) atoms. The lowest BCUT2D eigenvalue weighted by molar-refractivity contribution is -0.384. The Morgan fingerprint density at radius 1 is 1.04 bits per heavy atom. The summed E-state index contributed by atoms with van der Waals surface area (Å²) >= 11 is 3.26. The van der Waals surface area contributed by atoms with E-state index in [9.17, 15) is 14.9 Å². The van der Waals surface area contributed by atoms with Gasteiger partial charge in [-0.05, 0) is 51.8 Å². The summed E-state index contributed by atoms with van der Waals surface area (Å²) in [5, 5.41) is 11.1. The maximum Gasteiger partial charge on any atom is 0.269 e. The molecule has 0 spiro atoms. The van der Waals surface area contributed by atoms with Crippen molar-refractivity contribution in [2.75, 3.05) is 0 Å². The molecule has 0 radical (unpaired) electrons. The van der Waals surface area contributed by atoms with E-state index in [1.54, 1.807) is 48.6 Å². The van der Waals surface area contributed by atoms with Gasteiger partial charge in [-0.15, -0.1) is 0 Å². The fourth-order valence-corrected chi connectivity index (χ4v) is 2.55. The molecular formula is C17H10BrNO4. The third-order valence-corrected chi connectivity index (χ3v) is 4.05. The number of nitro groups is 1. The first-order chi connectivity index (χ1) is 11.1. The highest BCUT2D eigenvalue weighted by Crippen LogP contribution is 2.22. The van der Waals surface area contributed by atoms with E-state index in [1.807, 2.05) is 0 Å². The van der Waals surface area contributed by atoms with Gasteiger partial charge in [-0.2, -0.15) is 0 Å². The molecule has 0 aliphatic heterocycles. The number of hydrogen-bond acceptors (Lipinski definition) is 4. The van der Waals surface area contributed by atoms with E-state index in [-0.39, 0.29) is 11.1 Å². The molecule has 0 bridgehead atoms. The first kappa shape index (κ1) is 15.2. The molecule has 0 aliphatic carbocycles. The number of hydrogen-bond donors (Lipinski definition) is 0. The van der Waals surface area contributed by atoms with Crippen LogP contribution >= 0.6 is 15.9 Å². The largest absolute Gasteiger partial charge is 0.455 e. The van der Waals surface area contributed by atoms with Crippen molar-refractivity contribution in [1.29, 1.82) is 0 Å². The topological polar surface area (TPSA) is 73.3 Å². The smallest absolute Gasteiger partial charge is 0.269 e. The molecule has 3 rings (SSSR count). The van der Waals surface area contributed by atoms with Crippen LogP contribution in [0.1, 0.15) is 11.3 Å². The van der Waals surface area contributed by atoms with Crippen LogP contribution in [0.25, 0.3) is 23.1 Å². The van der Waals surface area contributed by atoms with Crippen LogP contribution < -0.4 is 5.43 Å². The lowest BCUT2D eigenvalue weighted by Gasteiger charge is -2.01. The summed E-state index contributed by atoms with van der Waals surface area (Å²) < 4.78 is 6.06. The summed E-state index contributed by atoms with van der Waals surface area (Å²) in [7, 11) is 0. The molecule has 0 aliphatic rings. The van der Waals surface area contributed by atoms with Crippen LogP contribution in [0.4, 0.5) is 5.69 Å². The number of benzene rings is 2. The van der Waals surface area contributed by atoms with Crippen molar-refractivity contribution >= 4 is 44.7 Å². The van der Waals surface area contributed by atoms with Crippen molar-refractivity contribution in [2.45, 2.75) is 0 Å². The number of fused-ring (bicyclic) bond motifs is 1. The highest BCUT2D eigenvalue weighted by molar-refractivity contribution is 9.10. The number of rotatable bonds is 3. The van der Waals surface area contributed by atoms with Crippen LogP contribution in [0.15, 0.2) is 62.2 Å². The van der Waals surface area contributed by atoms with Gasteiger partial charge in [-0.3, -0.25) is 14.9 Å². The van der Waals surface area contributed by atoms with Gasteiger partial charge in [0.05, 0.1) is 10.3 Å². The van der Waals surface area contributed by atoms with Crippen molar-refractivity contribution < 1.29 is 9.34 Å². The lowest BCUT2D eigenvalue weighted by atomic mass is 10.1. The standard InChI is InChI=1S/C17H10BrNO4/c18-16-15(23-14-4-2-1-3-13(14)17(16)20)10-7-11-5-8-12(9-6-11)19(21)22/h1-10H/b10-7+. The quantitative estimate of drug-likeness (QED) is 0.496. The second-order valence-electron chi connectivity index (χ2n) is 4.79. The van der Waals surface area contributed by atoms with Crippen molar-refractivity contribution in [1.82, 2.24) is 0 Å². The van der Waals surface area contributed by atoms with Crippen LogP contribution in [0, 0.1) is 10.1 Å². The first-order valence-electron chi connectivity index (χ1n) is 6.70. The number of nitro benzene ring substituents is 1. The van der Waals surface area contributed by atoms with Crippen molar-refractivity contribution in [3.63, 3.8) is 0 Å². The van der Waals surface area contributed by atoms with Crippen LogP contribution in [0.5, 0.6) is 0 Å². The SMILES string of the molecule is O=c1c(Br)c(/C=C/c2ccc([N+](=O)[O-])cc2)oc2ccccc12. The zero-order chi connectivity index (χ0) is 16.4. The van der Waals surface area contributed by atoms with E-state index >= 15 is 0 Å². The van der Waals surface area contributed by atoms with Crippen LogP contribution in [-0.2, 0) is 0 Å². The molecule has 0 N–H and O–H groups in total. The van der Waals surface area contributed by atoms with Crippen molar-refractivity contribution in [3.8, 4) is 0 Å². The Labute approximate surface area is 139 Å². The minimum Gasteiger partial charge on any atom is -0.455 e. The van der Waals surface area contributed by atoms with E-state index in [0.29, 0.717) is 21.2 Å². The van der Waals surface area contributed by atoms with Gasteiger partial charge < -0.3 is 4.42 Å². The van der Waals surface area contributed by atoms with Crippen molar-refractivity contribution in [3.05, 3.63) is 84.7 Å². The van der Waals surface area contributed by atoms with E-state index in [2.05, 4.69) is 15.9 Å². The fourth-order valence-electron chi connectivity index (χ4n) is 2.12. The van der Waals surface area contributed by atoms with Gasteiger partial charge in [-0.1, -0.05) is 18.2 Å². The Morgan fingerprint density at radius 2 is 1.74 bits per heavy atom. The van der Waals surface area contributed by atoms with Crippen LogP contribution in [-0.4, -0.2) is 4.92 Å². The molecule has 0 saturated heterocycles. The minimum absolute atomic E-state index is 0.0283. The third kappa shape index (κ3) is 3.07. The average Bonchev–Trinajstić information content (AvgIpc) is 2.57. The summed E-state index contributed by atoms with van der Waals surface area (Å²) in [6.45, 7) is 0. The highest BCUT2D eigenvalue weighted by atomic mass is 79.9. The lowest BCUT2D eigenvalue weighted by Crippen LogP contribution is -2.03. The Hall–Kier alpha value is -2.73. The molecule has 1 heterocycles. The molecule has 3 aromatic rings. The van der Waals surface area contributed by atoms with Gasteiger partial charge in [0, 0.05) is 12.1 Å². The Morgan fingerprint density at radius 3 is 2.43 bits per heavy atom. The summed E-state index contributed by atoms with van der Waals surface area (Å²) in [4.78, 5) is 22.4. The van der Waals surface area contributed by atoms with E-state index in [1.165, 1.54) is 12.1 Å². The summed E-state index contributed by atoms with van der Waals surface area (Å²) in [6.07, 6.45) is 3.38. The number of non-ortho nitro benzene ring substituents is 1. The second-order valence-corrected chi connectivity index (χ2v) is 5.58. The van der Waals surface area contributed by atoms with E-state index in [4.69, 9.17) is 4.42 Å². The first-order valence-corrected chi connectivity index (χ1v) is 7.49. The van der Waals surface area contributed by atoms with Crippen molar-refractivity contribution in [2.24, 2.45) is 0 Å². The average molecular weight is 372 g/mol. The molecule has 0 fully saturated rings. The molecule has 1 aromatic heterocycles. The maximum absolute atomic E-state index is 12.3. The molecular weight excluding hydrogens is 362 g/mol. The molecule has 0 amide bonds. The maximum atomic E-state index is 12.3. The second kappa shape index (κ2) is 6.18. The minimum atomic E-state index is -0.452. The Kier molecular flexibility index (Phi) is 4.08. The Bertz CT molecular complexity index is 974. The van der Waals surface area contributed by atoms with Gasteiger partial charge >= 0.3 is 0 Å². The van der Waals surface area contributed by atoms with E-state index in [0.717, 1.165) is 5.56 Å². The normalized spacial score (nSPS) is 11.2. The van der Waals surface area contributed by atoms with Gasteiger partial charge in [0.2, 0.25) is 5.43 Å². The van der Waals surface area contributed by atoms with Gasteiger partial charge in [0.1, 0.15) is 15.8 Å². The molecule has 0 saturated carbocycles. The predicted molar refractivity (Wildman–Crippen MR) is 92.2 cm³/mol. The monoisotopic (exact) mass is 371 g/mol. The molecule has 0 unspecified atom stereocenters. The van der Waals surface area contributed by atoms with Gasteiger partial charge in [-0.25, -0.2) is 0 Å². The summed E-state index contributed by atoms with van der Waals surface area (Å²) in [5.41, 5.74) is 1.15. The Balaban J connectivity index is 1.99. The zero-order valence-corrected chi connectivity index (χ0v) is 13.3. The zero-order valence-electron chi connectivity index (χ0n) is 11.7. The number of halogens is 1. The molecule has 6 heteroatoms. The molecule has 5 nitrogen and oxygen atoms in total. The summed E-state index contributed by atoms with van der Waals surface area (Å²) in [6, 6.07) is 13.1. The number of nitrogens with zero attached hydrogens (tertiary/aromatic N) is 1. The predicted octanol–water partition coefficient (Wildman–Crippen LogP) is 4.63.